The molecule has 4 heteroatoms. The van der Waals surface area contributed by atoms with Gasteiger partial charge in [-0.3, -0.25) is 4.79 Å². The van der Waals surface area contributed by atoms with Crippen molar-refractivity contribution in [1.29, 1.82) is 0 Å². The van der Waals surface area contributed by atoms with Crippen LogP contribution in [-0.2, 0) is 11.2 Å². The van der Waals surface area contributed by atoms with Crippen LogP contribution in [0.5, 0.6) is 0 Å². The highest BCUT2D eigenvalue weighted by molar-refractivity contribution is 6.30. The number of halogens is 2. The minimum absolute atomic E-state index is 0.0717. The lowest BCUT2D eigenvalue weighted by Gasteiger charge is -2.21. The van der Waals surface area contributed by atoms with Crippen molar-refractivity contribution < 1.29 is 9.18 Å². The average Bonchev–Trinajstić information content (AvgIpc) is 2.35. The van der Waals surface area contributed by atoms with Crippen molar-refractivity contribution in [3.8, 4) is 0 Å². The number of Topliss-reactive ketones (excluding diaryl/α,β-unsaturated/α-hetero) is 1. The van der Waals surface area contributed by atoms with Gasteiger partial charge in [-0.15, -0.1) is 0 Å². The van der Waals surface area contributed by atoms with Crippen molar-refractivity contribution in [1.82, 2.24) is 5.32 Å². The highest BCUT2D eigenvalue weighted by Crippen LogP contribution is 2.18. The molecular weight excluding hydrogens is 241 g/mol. The predicted molar refractivity (Wildman–Crippen MR) is 65.7 cm³/mol. The number of carbonyl (C=O) groups is 1. The first-order valence-corrected chi connectivity index (χ1v) is 6.22. The number of rotatable bonds is 3. The molecule has 0 radical (unpaired) electrons. The van der Waals surface area contributed by atoms with Gasteiger partial charge >= 0.3 is 0 Å². The van der Waals surface area contributed by atoms with E-state index in [1.54, 1.807) is 6.07 Å². The fourth-order valence-corrected chi connectivity index (χ4v) is 2.24. The van der Waals surface area contributed by atoms with Gasteiger partial charge in [0.25, 0.3) is 0 Å². The number of piperidine rings is 1. The second-order valence-corrected chi connectivity index (χ2v) is 4.84. The summed E-state index contributed by atoms with van der Waals surface area (Å²) >= 11 is 5.60. The van der Waals surface area contributed by atoms with E-state index in [0.29, 0.717) is 12.0 Å². The van der Waals surface area contributed by atoms with Crippen LogP contribution >= 0.6 is 11.6 Å². The molecule has 0 amide bonds. The topological polar surface area (TPSA) is 29.1 Å². The zero-order valence-electron chi connectivity index (χ0n) is 9.51. The lowest BCUT2D eigenvalue weighted by molar-refractivity contribution is -0.122. The summed E-state index contributed by atoms with van der Waals surface area (Å²) in [5.74, 6) is -0.208. The second kappa shape index (κ2) is 5.61. The minimum Gasteiger partial charge on any atom is -0.316 e. The van der Waals surface area contributed by atoms with Crippen LogP contribution in [0.15, 0.2) is 18.2 Å². The Morgan fingerprint density at radius 2 is 2.35 bits per heavy atom. The maximum atomic E-state index is 13.2. The third kappa shape index (κ3) is 3.27. The first-order chi connectivity index (χ1) is 8.16. The number of nitrogens with one attached hydrogen (secondary N) is 1. The summed E-state index contributed by atoms with van der Waals surface area (Å²) in [6.07, 6.45) is 2.26. The van der Waals surface area contributed by atoms with Crippen LogP contribution in [0.3, 0.4) is 0 Å². The highest BCUT2D eigenvalue weighted by atomic mass is 35.5. The van der Waals surface area contributed by atoms with Crippen LogP contribution in [0.2, 0.25) is 5.02 Å². The Labute approximate surface area is 105 Å². The van der Waals surface area contributed by atoms with Crippen LogP contribution in [0.1, 0.15) is 18.4 Å². The summed E-state index contributed by atoms with van der Waals surface area (Å²) < 4.78 is 13.2. The van der Waals surface area contributed by atoms with Gasteiger partial charge in [-0.1, -0.05) is 17.7 Å². The number of carbonyl (C=O) groups excluding carboxylic acids is 1. The second-order valence-electron chi connectivity index (χ2n) is 4.43. The maximum absolute atomic E-state index is 13.2. The SMILES string of the molecule is O=C(Cc1ccc(Cl)c(F)c1)C1CCCNC1. The van der Waals surface area contributed by atoms with Gasteiger partial charge in [-0.05, 0) is 37.1 Å². The first-order valence-electron chi connectivity index (χ1n) is 5.84. The van der Waals surface area contributed by atoms with Gasteiger partial charge in [0.05, 0.1) is 5.02 Å². The fraction of sp³-hybridized carbons (Fsp3) is 0.462. The van der Waals surface area contributed by atoms with Crippen molar-refractivity contribution in [3.05, 3.63) is 34.6 Å². The Hall–Kier alpha value is -0.930. The van der Waals surface area contributed by atoms with E-state index in [0.717, 1.165) is 25.9 Å². The van der Waals surface area contributed by atoms with Crippen molar-refractivity contribution in [2.24, 2.45) is 5.92 Å². The van der Waals surface area contributed by atoms with Crippen molar-refractivity contribution in [3.63, 3.8) is 0 Å². The van der Waals surface area contributed by atoms with Crippen LogP contribution in [0, 0.1) is 11.7 Å². The van der Waals surface area contributed by atoms with Crippen LogP contribution in [0.25, 0.3) is 0 Å². The molecule has 17 heavy (non-hydrogen) atoms. The molecule has 1 N–H and O–H groups in total. The highest BCUT2D eigenvalue weighted by Gasteiger charge is 2.20. The summed E-state index contributed by atoms with van der Waals surface area (Å²) in [5, 5.41) is 3.30. The largest absolute Gasteiger partial charge is 0.316 e. The van der Waals surface area contributed by atoms with E-state index >= 15 is 0 Å². The summed E-state index contributed by atoms with van der Waals surface area (Å²) in [4.78, 5) is 12.0. The lowest BCUT2D eigenvalue weighted by Crippen LogP contribution is -2.35. The van der Waals surface area contributed by atoms with Crippen molar-refractivity contribution in [2.45, 2.75) is 19.3 Å². The molecular formula is C13H15ClFNO. The molecule has 1 atom stereocenters. The molecule has 1 aromatic rings. The number of hydrogen-bond acceptors (Lipinski definition) is 2. The van der Waals surface area contributed by atoms with E-state index in [1.807, 2.05) is 0 Å². The first kappa shape index (κ1) is 12.5. The molecule has 1 fully saturated rings. The Balaban J connectivity index is 1.99. The van der Waals surface area contributed by atoms with Crippen LogP contribution in [-0.4, -0.2) is 18.9 Å². The van der Waals surface area contributed by atoms with Crippen molar-refractivity contribution in [2.75, 3.05) is 13.1 Å². The number of benzene rings is 1. The molecule has 0 aliphatic carbocycles. The van der Waals surface area contributed by atoms with Crippen LogP contribution < -0.4 is 5.32 Å². The Morgan fingerprint density at radius 1 is 1.53 bits per heavy atom. The monoisotopic (exact) mass is 255 g/mol. The van der Waals surface area contributed by atoms with E-state index in [2.05, 4.69) is 5.32 Å². The quantitative estimate of drug-likeness (QED) is 0.900. The van der Waals surface area contributed by atoms with E-state index in [9.17, 15) is 9.18 Å². The van der Waals surface area contributed by atoms with Gasteiger partial charge in [0, 0.05) is 18.9 Å². The predicted octanol–water partition coefficient (Wildman–Crippen LogP) is 2.59. The van der Waals surface area contributed by atoms with Gasteiger partial charge in [-0.25, -0.2) is 4.39 Å². The van der Waals surface area contributed by atoms with E-state index in [4.69, 9.17) is 11.6 Å². The van der Waals surface area contributed by atoms with Crippen LogP contribution in [0.4, 0.5) is 4.39 Å². The normalized spacial score (nSPS) is 20.2. The van der Waals surface area contributed by atoms with Gasteiger partial charge in [0.2, 0.25) is 0 Å². The average molecular weight is 256 g/mol. The van der Waals surface area contributed by atoms with Crippen molar-refractivity contribution >= 4 is 17.4 Å². The molecule has 0 bridgehead atoms. The molecule has 1 saturated heterocycles. The fourth-order valence-electron chi connectivity index (χ4n) is 2.12. The number of hydrogen-bond donors (Lipinski definition) is 1. The molecule has 0 saturated carbocycles. The standard InChI is InChI=1S/C13H15ClFNO/c14-11-4-3-9(6-12(11)15)7-13(17)10-2-1-5-16-8-10/h3-4,6,10,16H,1-2,5,7-8H2. The Bertz CT molecular complexity index is 416. The molecule has 0 aromatic heterocycles. The van der Waals surface area contributed by atoms with Gasteiger partial charge in [0.15, 0.2) is 0 Å². The van der Waals surface area contributed by atoms with Gasteiger partial charge < -0.3 is 5.32 Å². The summed E-state index contributed by atoms with van der Waals surface area (Å²) in [6, 6.07) is 4.55. The molecule has 2 nitrogen and oxygen atoms in total. The third-order valence-corrected chi connectivity index (χ3v) is 3.42. The maximum Gasteiger partial charge on any atom is 0.142 e. The summed E-state index contributed by atoms with van der Waals surface area (Å²) in [6.45, 7) is 1.73. The molecule has 92 valence electrons. The lowest BCUT2D eigenvalue weighted by atomic mass is 9.91. The zero-order chi connectivity index (χ0) is 12.3. The number of ketones is 1. The summed E-state index contributed by atoms with van der Waals surface area (Å²) in [7, 11) is 0. The molecule has 2 rings (SSSR count). The molecule has 1 heterocycles. The minimum atomic E-state index is -0.460. The van der Waals surface area contributed by atoms with E-state index in [-0.39, 0.29) is 16.7 Å². The zero-order valence-corrected chi connectivity index (χ0v) is 10.3. The molecule has 1 aromatic carbocycles. The van der Waals surface area contributed by atoms with E-state index < -0.39 is 5.82 Å². The molecule has 1 aliphatic heterocycles. The molecule has 1 unspecified atom stereocenters. The molecule has 1 aliphatic rings. The van der Waals surface area contributed by atoms with E-state index in [1.165, 1.54) is 12.1 Å². The summed E-state index contributed by atoms with van der Waals surface area (Å²) in [5.41, 5.74) is 0.697. The Morgan fingerprint density at radius 3 is 3.00 bits per heavy atom. The third-order valence-electron chi connectivity index (χ3n) is 3.11. The van der Waals surface area contributed by atoms with Gasteiger partial charge in [-0.2, -0.15) is 0 Å². The molecule has 0 spiro atoms. The Kier molecular flexibility index (Phi) is 4.13. The smallest absolute Gasteiger partial charge is 0.142 e. The van der Waals surface area contributed by atoms with Gasteiger partial charge in [0.1, 0.15) is 11.6 Å².